The molecule has 90 valence electrons. The molecule has 1 heterocycles. The van der Waals surface area contributed by atoms with Crippen molar-refractivity contribution in [2.45, 2.75) is 6.42 Å². The lowest BCUT2D eigenvalue weighted by Gasteiger charge is -2.04. The molecule has 0 amide bonds. The van der Waals surface area contributed by atoms with Gasteiger partial charge in [-0.3, -0.25) is 0 Å². The van der Waals surface area contributed by atoms with Crippen molar-refractivity contribution in [1.82, 2.24) is 10.1 Å². The Labute approximate surface area is 104 Å². The second-order valence-corrected chi connectivity index (χ2v) is 3.83. The van der Waals surface area contributed by atoms with Gasteiger partial charge in [-0.05, 0) is 18.2 Å². The van der Waals surface area contributed by atoms with Gasteiger partial charge in [0.05, 0.1) is 12.7 Å². The number of nitrogens with two attached hydrogens (primary N) is 1. The minimum absolute atomic E-state index is 0.452. The number of aromatic nitrogens is 2. The lowest BCUT2D eigenvalue weighted by molar-refractivity contribution is 0.379. The molecule has 0 bridgehead atoms. The molecule has 0 spiro atoms. The summed E-state index contributed by atoms with van der Waals surface area (Å²) in [6, 6.07) is 5.23. The molecule has 0 radical (unpaired) electrons. The van der Waals surface area contributed by atoms with Gasteiger partial charge in [0.1, 0.15) is 5.75 Å². The average molecular weight is 254 g/mol. The van der Waals surface area contributed by atoms with Crippen molar-refractivity contribution in [3.05, 3.63) is 29.1 Å². The minimum Gasteiger partial charge on any atom is -0.496 e. The maximum Gasteiger partial charge on any atom is 0.228 e. The monoisotopic (exact) mass is 253 g/mol. The SMILES string of the molecule is COc1ccc(Cl)cc1-c1noc(CCN)n1. The summed E-state index contributed by atoms with van der Waals surface area (Å²) in [6.07, 6.45) is 0.551. The zero-order chi connectivity index (χ0) is 12.3. The summed E-state index contributed by atoms with van der Waals surface area (Å²) in [5, 5.41) is 4.46. The highest BCUT2D eigenvalue weighted by atomic mass is 35.5. The molecule has 1 aromatic heterocycles. The van der Waals surface area contributed by atoms with Gasteiger partial charge in [-0.15, -0.1) is 0 Å². The lowest BCUT2D eigenvalue weighted by Crippen LogP contribution is -2.02. The second-order valence-electron chi connectivity index (χ2n) is 3.40. The van der Waals surface area contributed by atoms with Crippen LogP contribution >= 0.6 is 11.6 Å². The van der Waals surface area contributed by atoms with Gasteiger partial charge in [0, 0.05) is 18.0 Å². The van der Waals surface area contributed by atoms with Gasteiger partial charge < -0.3 is 15.0 Å². The molecular weight excluding hydrogens is 242 g/mol. The highest BCUT2D eigenvalue weighted by Crippen LogP contribution is 2.30. The third kappa shape index (κ3) is 2.57. The molecule has 0 saturated carbocycles. The van der Waals surface area contributed by atoms with Gasteiger partial charge in [-0.1, -0.05) is 16.8 Å². The van der Waals surface area contributed by atoms with Gasteiger partial charge in [-0.2, -0.15) is 4.98 Å². The average Bonchev–Trinajstić information content (AvgIpc) is 2.78. The van der Waals surface area contributed by atoms with Crippen LogP contribution in [0.2, 0.25) is 5.02 Å². The fourth-order valence-electron chi connectivity index (χ4n) is 1.44. The van der Waals surface area contributed by atoms with E-state index in [2.05, 4.69) is 10.1 Å². The van der Waals surface area contributed by atoms with Crippen molar-refractivity contribution in [2.75, 3.05) is 13.7 Å². The molecule has 0 aliphatic rings. The highest BCUT2D eigenvalue weighted by Gasteiger charge is 2.13. The predicted octanol–water partition coefficient (Wildman–Crippen LogP) is 1.90. The molecular formula is C11H12ClN3O2. The zero-order valence-corrected chi connectivity index (χ0v) is 10.1. The molecule has 0 aliphatic heterocycles. The van der Waals surface area contributed by atoms with E-state index in [-0.39, 0.29) is 0 Å². The summed E-state index contributed by atoms with van der Waals surface area (Å²) in [5.41, 5.74) is 6.12. The molecule has 17 heavy (non-hydrogen) atoms. The second kappa shape index (κ2) is 5.16. The Morgan fingerprint density at radius 3 is 3.00 bits per heavy atom. The number of hydrogen-bond acceptors (Lipinski definition) is 5. The largest absolute Gasteiger partial charge is 0.496 e. The third-order valence-electron chi connectivity index (χ3n) is 2.23. The van der Waals surface area contributed by atoms with Crippen LogP contribution in [0.15, 0.2) is 22.7 Å². The number of halogens is 1. The van der Waals surface area contributed by atoms with Crippen molar-refractivity contribution < 1.29 is 9.26 Å². The highest BCUT2D eigenvalue weighted by molar-refractivity contribution is 6.30. The van der Waals surface area contributed by atoms with E-state index in [9.17, 15) is 0 Å². The van der Waals surface area contributed by atoms with Crippen LogP contribution in [-0.2, 0) is 6.42 Å². The van der Waals surface area contributed by atoms with E-state index in [1.54, 1.807) is 25.3 Å². The maximum absolute atomic E-state index is 5.93. The van der Waals surface area contributed by atoms with Crippen LogP contribution in [0, 0.1) is 0 Å². The summed E-state index contributed by atoms with van der Waals surface area (Å²) in [6.45, 7) is 0.467. The van der Waals surface area contributed by atoms with Crippen LogP contribution in [0.25, 0.3) is 11.4 Å². The standard InChI is InChI=1S/C11H12ClN3O2/c1-16-9-3-2-7(12)6-8(9)11-14-10(4-5-13)17-15-11/h2-3,6H,4-5,13H2,1H3. The Hall–Kier alpha value is -1.59. The van der Waals surface area contributed by atoms with E-state index >= 15 is 0 Å². The molecule has 1 aromatic carbocycles. The van der Waals surface area contributed by atoms with Gasteiger partial charge in [0.2, 0.25) is 11.7 Å². The van der Waals surface area contributed by atoms with E-state index in [4.69, 9.17) is 26.6 Å². The van der Waals surface area contributed by atoms with Crippen LogP contribution in [0.5, 0.6) is 5.75 Å². The predicted molar refractivity (Wildman–Crippen MR) is 64.1 cm³/mol. The van der Waals surface area contributed by atoms with Gasteiger partial charge in [0.25, 0.3) is 0 Å². The fraction of sp³-hybridized carbons (Fsp3) is 0.273. The van der Waals surface area contributed by atoms with Gasteiger partial charge in [-0.25, -0.2) is 0 Å². The molecule has 0 atom stereocenters. The first-order valence-corrected chi connectivity index (χ1v) is 5.49. The molecule has 2 rings (SSSR count). The number of benzene rings is 1. The Balaban J connectivity index is 2.40. The normalized spacial score (nSPS) is 10.5. The fourth-order valence-corrected chi connectivity index (χ4v) is 1.62. The van der Waals surface area contributed by atoms with Crippen molar-refractivity contribution in [2.24, 2.45) is 5.73 Å². The van der Waals surface area contributed by atoms with Crippen molar-refractivity contribution in [1.29, 1.82) is 0 Å². The first-order chi connectivity index (χ1) is 8.24. The summed E-state index contributed by atoms with van der Waals surface area (Å²) >= 11 is 5.93. The first-order valence-electron chi connectivity index (χ1n) is 5.11. The van der Waals surface area contributed by atoms with Gasteiger partial charge >= 0.3 is 0 Å². The molecule has 2 N–H and O–H groups in total. The summed E-state index contributed by atoms with van der Waals surface area (Å²) in [7, 11) is 1.58. The summed E-state index contributed by atoms with van der Waals surface area (Å²) in [5.74, 6) is 1.60. The van der Waals surface area contributed by atoms with Crippen molar-refractivity contribution in [3.63, 3.8) is 0 Å². The minimum atomic E-state index is 0.452. The van der Waals surface area contributed by atoms with E-state index in [1.165, 1.54) is 0 Å². The quantitative estimate of drug-likeness (QED) is 0.901. The third-order valence-corrected chi connectivity index (χ3v) is 2.46. The van der Waals surface area contributed by atoms with E-state index in [0.717, 1.165) is 0 Å². The van der Waals surface area contributed by atoms with Crippen LogP contribution in [0.1, 0.15) is 5.89 Å². The molecule has 0 unspecified atom stereocenters. The van der Waals surface area contributed by atoms with E-state index in [1.807, 2.05) is 0 Å². The van der Waals surface area contributed by atoms with Crippen LogP contribution in [-0.4, -0.2) is 23.8 Å². The van der Waals surface area contributed by atoms with E-state index < -0.39 is 0 Å². The summed E-state index contributed by atoms with van der Waals surface area (Å²) in [4.78, 5) is 4.22. The van der Waals surface area contributed by atoms with Crippen molar-refractivity contribution >= 4 is 11.6 Å². The zero-order valence-electron chi connectivity index (χ0n) is 9.31. The Morgan fingerprint density at radius 2 is 2.29 bits per heavy atom. The number of methoxy groups -OCH3 is 1. The van der Waals surface area contributed by atoms with Crippen molar-refractivity contribution in [3.8, 4) is 17.1 Å². The number of rotatable bonds is 4. The smallest absolute Gasteiger partial charge is 0.228 e. The number of ether oxygens (including phenoxy) is 1. The number of nitrogens with zero attached hydrogens (tertiary/aromatic N) is 2. The molecule has 6 heteroatoms. The van der Waals surface area contributed by atoms with Crippen LogP contribution in [0.4, 0.5) is 0 Å². The molecule has 0 aliphatic carbocycles. The van der Waals surface area contributed by atoms with Crippen LogP contribution < -0.4 is 10.5 Å². The summed E-state index contributed by atoms with van der Waals surface area (Å²) < 4.78 is 10.3. The Bertz CT molecular complexity index is 513. The first kappa shape index (κ1) is 11.9. The molecule has 0 saturated heterocycles. The molecule has 2 aromatic rings. The number of hydrogen-bond donors (Lipinski definition) is 1. The van der Waals surface area contributed by atoms with E-state index in [0.29, 0.717) is 41.0 Å². The maximum atomic E-state index is 5.93. The molecule has 0 fully saturated rings. The Morgan fingerprint density at radius 1 is 1.47 bits per heavy atom. The lowest BCUT2D eigenvalue weighted by atomic mass is 10.2. The molecule has 5 nitrogen and oxygen atoms in total. The van der Waals surface area contributed by atoms with Gasteiger partial charge in [0.15, 0.2) is 0 Å². The Kier molecular flexibility index (Phi) is 3.61. The van der Waals surface area contributed by atoms with Crippen LogP contribution in [0.3, 0.4) is 0 Å². The topological polar surface area (TPSA) is 74.2 Å².